The van der Waals surface area contributed by atoms with Crippen LogP contribution in [0, 0.1) is 6.92 Å². The summed E-state index contributed by atoms with van der Waals surface area (Å²) in [6.07, 6.45) is 0. The normalized spacial score (nSPS) is 9.88. The molecule has 0 saturated heterocycles. The summed E-state index contributed by atoms with van der Waals surface area (Å²) in [6, 6.07) is 16.7. The average molecular weight is 352 g/mol. The molecule has 3 rings (SSSR count). The highest BCUT2D eigenvalue weighted by Gasteiger charge is 2.09. The van der Waals surface area contributed by atoms with Gasteiger partial charge in [-0.15, -0.1) is 0 Å². The second-order valence-corrected chi connectivity index (χ2v) is 5.53. The number of benzene rings is 3. The minimum atomic E-state index is -1.12. The van der Waals surface area contributed by atoms with Gasteiger partial charge in [-0.25, -0.2) is 14.4 Å². The van der Waals surface area contributed by atoms with Gasteiger partial charge >= 0.3 is 17.9 Å². The molecule has 0 radical (unpaired) electrons. The van der Waals surface area contributed by atoms with E-state index in [0.717, 1.165) is 16.8 Å². The van der Waals surface area contributed by atoms with E-state index >= 15 is 0 Å². The Hall–Kier alpha value is -3.67. The first kappa shape index (κ1) is 18.7. The number of hydrogen-bond acceptors (Lipinski definition) is 3. The van der Waals surface area contributed by atoms with Crippen molar-refractivity contribution in [1.29, 1.82) is 0 Å². The van der Waals surface area contributed by atoms with Crippen molar-refractivity contribution in [2.45, 2.75) is 6.92 Å². The van der Waals surface area contributed by atoms with Crippen LogP contribution < -0.4 is 0 Å². The molecular weight excluding hydrogens is 336 g/mol. The lowest BCUT2D eigenvalue weighted by atomic mass is 10.1. The maximum absolute atomic E-state index is 10.8. The van der Waals surface area contributed by atoms with Gasteiger partial charge in [0.25, 0.3) is 0 Å². The molecule has 0 unspecified atom stereocenters. The molecule has 0 bridgehead atoms. The van der Waals surface area contributed by atoms with Crippen LogP contribution in [0.25, 0.3) is 10.8 Å². The zero-order valence-electron chi connectivity index (χ0n) is 13.8. The van der Waals surface area contributed by atoms with E-state index in [1.807, 2.05) is 30.3 Å². The summed E-state index contributed by atoms with van der Waals surface area (Å²) >= 11 is 0. The number of aryl methyl sites for hydroxylation is 1. The molecule has 0 aliphatic carbocycles. The smallest absolute Gasteiger partial charge is 0.336 e. The Labute approximate surface area is 149 Å². The van der Waals surface area contributed by atoms with Gasteiger partial charge < -0.3 is 15.3 Å². The Kier molecular flexibility index (Phi) is 5.70. The lowest BCUT2D eigenvalue weighted by Gasteiger charge is -2.00. The molecule has 6 heteroatoms. The summed E-state index contributed by atoms with van der Waals surface area (Å²) in [7, 11) is 0. The van der Waals surface area contributed by atoms with Crippen molar-refractivity contribution in [1.82, 2.24) is 0 Å². The molecule has 0 aromatic heterocycles. The predicted octanol–water partition coefficient (Wildman–Crippen LogP) is 3.93. The van der Waals surface area contributed by atoms with Crippen LogP contribution in [0.4, 0.5) is 0 Å². The fourth-order valence-corrected chi connectivity index (χ4v) is 2.44. The third-order valence-corrected chi connectivity index (χ3v) is 3.59. The second kappa shape index (κ2) is 7.94. The summed E-state index contributed by atoms with van der Waals surface area (Å²) in [5.74, 6) is -3.12. The summed E-state index contributed by atoms with van der Waals surface area (Å²) in [4.78, 5) is 31.9. The van der Waals surface area contributed by atoms with Gasteiger partial charge in [0.15, 0.2) is 0 Å². The number of aromatic carboxylic acids is 3. The Morgan fingerprint density at radius 2 is 1.23 bits per heavy atom. The molecule has 0 amide bonds. The maximum atomic E-state index is 10.8. The van der Waals surface area contributed by atoms with Crippen LogP contribution in [-0.2, 0) is 0 Å². The lowest BCUT2D eigenvalue weighted by molar-refractivity contribution is 0.0683. The van der Waals surface area contributed by atoms with Gasteiger partial charge in [0.2, 0.25) is 0 Å². The zero-order valence-corrected chi connectivity index (χ0v) is 13.8. The van der Waals surface area contributed by atoms with Gasteiger partial charge in [-0.1, -0.05) is 36.4 Å². The number of carboxylic acids is 3. The third kappa shape index (κ3) is 4.45. The van der Waals surface area contributed by atoms with Crippen LogP contribution in [0.15, 0.2) is 60.7 Å². The van der Waals surface area contributed by atoms with Crippen LogP contribution in [0.2, 0.25) is 0 Å². The predicted molar refractivity (Wildman–Crippen MR) is 96.0 cm³/mol. The van der Waals surface area contributed by atoms with Crippen molar-refractivity contribution >= 4 is 28.7 Å². The number of carbonyl (C=O) groups is 3. The molecule has 0 heterocycles. The van der Waals surface area contributed by atoms with Crippen molar-refractivity contribution in [2.75, 3.05) is 0 Å². The summed E-state index contributed by atoms with van der Waals surface area (Å²) in [6.45, 7) is 1.65. The molecule has 0 atom stereocenters. The lowest BCUT2D eigenvalue weighted by Crippen LogP contribution is -2.02. The first-order valence-electron chi connectivity index (χ1n) is 7.59. The molecule has 0 aliphatic rings. The SMILES string of the molecule is Cc1cc(C(=O)O)cc(C(=O)O)c1.O=C(O)c1cccc2ccccc12. The van der Waals surface area contributed by atoms with E-state index < -0.39 is 17.9 Å². The van der Waals surface area contributed by atoms with Crippen molar-refractivity contribution < 1.29 is 29.7 Å². The Bertz CT molecular complexity index is 953. The van der Waals surface area contributed by atoms with Crippen LogP contribution in [0.3, 0.4) is 0 Å². The van der Waals surface area contributed by atoms with Crippen molar-refractivity contribution in [3.8, 4) is 0 Å². The topological polar surface area (TPSA) is 112 Å². The minimum Gasteiger partial charge on any atom is -0.478 e. The molecule has 3 N–H and O–H groups in total. The summed E-state index contributed by atoms with van der Waals surface area (Å²) in [5, 5.41) is 27.9. The second-order valence-electron chi connectivity index (χ2n) is 5.53. The van der Waals surface area contributed by atoms with Gasteiger partial charge in [0.05, 0.1) is 16.7 Å². The summed E-state index contributed by atoms with van der Waals surface area (Å²) < 4.78 is 0. The van der Waals surface area contributed by atoms with Crippen molar-refractivity contribution in [2.24, 2.45) is 0 Å². The maximum Gasteiger partial charge on any atom is 0.336 e. The molecule has 0 aliphatic heterocycles. The number of carboxylic acid groups (broad SMARTS) is 3. The molecule has 132 valence electrons. The van der Waals surface area contributed by atoms with Crippen molar-refractivity contribution in [3.05, 3.63) is 82.9 Å². The molecule has 0 spiro atoms. The van der Waals surface area contributed by atoms with Gasteiger partial charge in [0, 0.05) is 0 Å². The van der Waals surface area contributed by atoms with Gasteiger partial charge in [-0.2, -0.15) is 0 Å². The zero-order chi connectivity index (χ0) is 19.3. The summed E-state index contributed by atoms with van der Waals surface area (Å²) in [5.41, 5.74) is 0.977. The Morgan fingerprint density at radius 1 is 0.692 bits per heavy atom. The highest BCUT2D eigenvalue weighted by Crippen LogP contribution is 2.17. The largest absolute Gasteiger partial charge is 0.478 e. The first-order valence-corrected chi connectivity index (χ1v) is 7.59. The number of rotatable bonds is 3. The monoisotopic (exact) mass is 352 g/mol. The minimum absolute atomic E-state index is 0.00241. The first-order chi connectivity index (χ1) is 12.3. The Balaban J connectivity index is 0.000000187. The van der Waals surface area contributed by atoms with Crippen LogP contribution >= 0.6 is 0 Å². The molecule has 26 heavy (non-hydrogen) atoms. The van der Waals surface area contributed by atoms with E-state index in [-0.39, 0.29) is 11.1 Å². The molecule has 6 nitrogen and oxygen atoms in total. The molecular formula is C20H16O6. The standard InChI is InChI=1S/C11H8O2.C9H8O4/c12-11(13)10-7-3-5-8-4-1-2-6-9(8)10;1-5-2-6(8(10)11)4-7(3-5)9(12)13/h1-7H,(H,12,13);2-4H,1H3,(H,10,11)(H,12,13). The fourth-order valence-electron chi connectivity index (χ4n) is 2.44. The van der Waals surface area contributed by atoms with E-state index in [0.29, 0.717) is 11.1 Å². The molecule has 0 fully saturated rings. The quantitative estimate of drug-likeness (QED) is 0.658. The molecule has 3 aromatic carbocycles. The van der Waals surface area contributed by atoms with E-state index in [1.165, 1.54) is 12.1 Å². The van der Waals surface area contributed by atoms with Gasteiger partial charge in [-0.05, 0) is 47.5 Å². The van der Waals surface area contributed by atoms with Crippen molar-refractivity contribution in [3.63, 3.8) is 0 Å². The van der Waals surface area contributed by atoms with Crippen LogP contribution in [-0.4, -0.2) is 33.2 Å². The van der Waals surface area contributed by atoms with Crippen LogP contribution in [0.1, 0.15) is 36.6 Å². The van der Waals surface area contributed by atoms with Crippen LogP contribution in [0.5, 0.6) is 0 Å². The van der Waals surface area contributed by atoms with E-state index in [9.17, 15) is 14.4 Å². The average Bonchev–Trinajstić information content (AvgIpc) is 2.61. The van der Waals surface area contributed by atoms with E-state index in [2.05, 4.69) is 0 Å². The molecule has 0 saturated carbocycles. The highest BCUT2D eigenvalue weighted by atomic mass is 16.4. The Morgan fingerprint density at radius 3 is 1.77 bits per heavy atom. The number of hydrogen-bond donors (Lipinski definition) is 3. The van der Waals surface area contributed by atoms with Gasteiger partial charge in [-0.3, -0.25) is 0 Å². The molecule has 3 aromatic rings. The fraction of sp³-hybridized carbons (Fsp3) is 0.0500. The van der Waals surface area contributed by atoms with E-state index in [4.69, 9.17) is 15.3 Å². The van der Waals surface area contributed by atoms with Gasteiger partial charge in [0.1, 0.15) is 0 Å². The highest BCUT2D eigenvalue weighted by molar-refractivity contribution is 6.03. The number of fused-ring (bicyclic) bond motifs is 1. The third-order valence-electron chi connectivity index (χ3n) is 3.59. The van der Waals surface area contributed by atoms with E-state index in [1.54, 1.807) is 19.1 Å².